The van der Waals surface area contributed by atoms with E-state index in [9.17, 15) is 17.6 Å². The lowest BCUT2D eigenvalue weighted by molar-refractivity contribution is -0.182. The zero-order valence-electron chi connectivity index (χ0n) is 19.3. The maximum Gasteiger partial charge on any atom is 0.339 e. The van der Waals surface area contributed by atoms with Crippen LogP contribution in [0.25, 0.3) is 0 Å². The summed E-state index contributed by atoms with van der Waals surface area (Å²) in [7, 11) is 0. The van der Waals surface area contributed by atoms with E-state index in [0.717, 1.165) is 38.7 Å². The van der Waals surface area contributed by atoms with Crippen LogP contribution in [0.5, 0.6) is 0 Å². The van der Waals surface area contributed by atoms with Gasteiger partial charge in [-0.2, -0.15) is 35.1 Å². The fraction of sp³-hybridized carbons (Fsp3) is 0.692. The summed E-state index contributed by atoms with van der Waals surface area (Å²) in [5.74, 6) is -18.7. The molecule has 4 aliphatic carbocycles. The van der Waals surface area contributed by atoms with Crippen molar-refractivity contribution in [1.29, 1.82) is 0 Å². The van der Waals surface area contributed by atoms with Crippen molar-refractivity contribution in [2.45, 2.75) is 88.9 Å². The van der Waals surface area contributed by atoms with Crippen LogP contribution in [0, 0.1) is 23.7 Å². The fourth-order valence-electron chi connectivity index (χ4n) is 6.14. The molecule has 8 heteroatoms. The van der Waals surface area contributed by atoms with E-state index in [1.54, 1.807) is 0 Å². The van der Waals surface area contributed by atoms with Crippen LogP contribution in [-0.2, 0) is 0 Å². The third-order valence-corrected chi connectivity index (χ3v) is 8.48. The van der Waals surface area contributed by atoms with Crippen LogP contribution in [0.3, 0.4) is 0 Å². The molecule has 4 aliphatic rings. The van der Waals surface area contributed by atoms with Crippen molar-refractivity contribution in [3.63, 3.8) is 0 Å². The van der Waals surface area contributed by atoms with Crippen molar-refractivity contribution in [2.24, 2.45) is 23.7 Å². The summed E-state index contributed by atoms with van der Waals surface area (Å²) in [5.41, 5.74) is -5.32. The largest absolute Gasteiger partial charge is 0.339 e. The van der Waals surface area contributed by atoms with Gasteiger partial charge in [-0.25, -0.2) is 0 Å². The normalized spacial score (nSPS) is 36.6. The lowest BCUT2D eigenvalue weighted by Crippen LogP contribution is -2.52. The van der Waals surface area contributed by atoms with Crippen molar-refractivity contribution < 1.29 is 35.1 Å². The number of allylic oxidation sites excluding steroid dienone is 8. The van der Waals surface area contributed by atoms with Gasteiger partial charge in [0.2, 0.25) is 0 Å². The van der Waals surface area contributed by atoms with Crippen molar-refractivity contribution in [3.05, 3.63) is 46.6 Å². The van der Waals surface area contributed by atoms with E-state index < -0.39 is 51.9 Å². The Morgan fingerprint density at radius 1 is 0.559 bits per heavy atom. The predicted octanol–water partition coefficient (Wildman–Crippen LogP) is 8.91. The molecule has 4 rings (SSSR count). The molecule has 0 aliphatic heterocycles. The van der Waals surface area contributed by atoms with Crippen molar-refractivity contribution in [2.75, 3.05) is 0 Å². The monoisotopic (exact) mass is 494 g/mol. The summed E-state index contributed by atoms with van der Waals surface area (Å²) in [5, 5.41) is 0. The third-order valence-electron chi connectivity index (χ3n) is 8.48. The number of hydrogen-bond acceptors (Lipinski definition) is 0. The highest BCUT2D eigenvalue weighted by molar-refractivity contribution is 5.55. The number of rotatable bonds is 3. The Hall–Kier alpha value is -1.60. The molecule has 0 saturated heterocycles. The molecule has 0 amide bonds. The van der Waals surface area contributed by atoms with Crippen molar-refractivity contribution in [3.8, 4) is 0 Å². The standard InChI is InChI=1S/C26H30F8/c1-15-3-6-17(7-4-15)18-8-10-19(11-9-18)20-13-14-22(26(33,34)24(20,29)30)21-12-5-16(2)23(27,28)25(21,31)32/h5,12-15,17-19H,3-4,6-11H2,1-2H3. The molecular formula is C26H30F8. The van der Waals surface area contributed by atoms with Gasteiger partial charge in [0.25, 0.3) is 0 Å². The van der Waals surface area contributed by atoms with Gasteiger partial charge in [0.05, 0.1) is 0 Å². The highest BCUT2D eigenvalue weighted by Gasteiger charge is 2.69. The van der Waals surface area contributed by atoms with Gasteiger partial charge in [-0.3, -0.25) is 0 Å². The Kier molecular flexibility index (Phi) is 6.38. The van der Waals surface area contributed by atoms with Crippen molar-refractivity contribution >= 4 is 0 Å². The molecular weight excluding hydrogens is 464 g/mol. The van der Waals surface area contributed by atoms with Crippen LogP contribution in [0.4, 0.5) is 35.1 Å². The minimum absolute atomic E-state index is 0.330. The first-order valence-electron chi connectivity index (χ1n) is 12.0. The van der Waals surface area contributed by atoms with E-state index in [-0.39, 0.29) is 0 Å². The van der Waals surface area contributed by atoms with Gasteiger partial charge in [-0.05, 0) is 69.1 Å². The first-order chi connectivity index (χ1) is 15.7. The van der Waals surface area contributed by atoms with Crippen LogP contribution < -0.4 is 0 Å². The maximum absolute atomic E-state index is 15.1. The van der Waals surface area contributed by atoms with Crippen LogP contribution >= 0.6 is 0 Å². The summed E-state index contributed by atoms with van der Waals surface area (Å²) in [6, 6.07) is 0. The predicted molar refractivity (Wildman–Crippen MR) is 114 cm³/mol. The first kappa shape index (κ1) is 25.5. The molecule has 0 spiro atoms. The quantitative estimate of drug-likeness (QED) is 0.344. The van der Waals surface area contributed by atoms with E-state index >= 15 is 17.6 Å². The summed E-state index contributed by atoms with van der Waals surface area (Å²) in [6.45, 7) is 2.95. The average molecular weight is 495 g/mol. The molecule has 2 saturated carbocycles. The Morgan fingerprint density at radius 2 is 1.00 bits per heavy atom. The molecule has 190 valence electrons. The molecule has 0 atom stereocenters. The molecule has 34 heavy (non-hydrogen) atoms. The zero-order chi connectivity index (χ0) is 25.1. The molecule has 0 aromatic heterocycles. The maximum atomic E-state index is 15.1. The summed E-state index contributed by atoms with van der Waals surface area (Å²) in [6.07, 6.45) is 8.70. The van der Waals surface area contributed by atoms with Crippen LogP contribution in [-0.4, -0.2) is 23.7 Å². The molecule has 0 unspecified atom stereocenters. The Labute approximate surface area is 194 Å². The second kappa shape index (κ2) is 8.51. The Bertz CT molecular complexity index is 920. The lowest BCUT2D eigenvalue weighted by atomic mass is 9.67. The number of alkyl halides is 8. The van der Waals surface area contributed by atoms with Crippen LogP contribution in [0.1, 0.15) is 65.2 Å². The third kappa shape index (κ3) is 3.87. The molecule has 0 N–H and O–H groups in total. The van der Waals surface area contributed by atoms with Crippen molar-refractivity contribution in [1.82, 2.24) is 0 Å². The molecule has 0 aromatic rings. The minimum Gasteiger partial charge on any atom is -0.194 e. The number of hydrogen-bond donors (Lipinski definition) is 0. The Morgan fingerprint density at radius 3 is 1.53 bits per heavy atom. The molecule has 0 aromatic carbocycles. The zero-order valence-corrected chi connectivity index (χ0v) is 19.3. The van der Waals surface area contributed by atoms with E-state index in [2.05, 4.69) is 6.92 Å². The van der Waals surface area contributed by atoms with Gasteiger partial charge < -0.3 is 0 Å². The lowest BCUT2D eigenvalue weighted by Gasteiger charge is -2.42. The average Bonchev–Trinajstić information content (AvgIpc) is 2.76. The van der Waals surface area contributed by atoms with Crippen LogP contribution in [0.2, 0.25) is 0 Å². The van der Waals surface area contributed by atoms with E-state index in [1.807, 2.05) is 0 Å². The first-order valence-corrected chi connectivity index (χ1v) is 12.0. The molecule has 0 nitrogen and oxygen atoms in total. The summed E-state index contributed by atoms with van der Waals surface area (Å²) < 4.78 is 117. The highest BCUT2D eigenvalue weighted by Crippen LogP contribution is 2.58. The van der Waals surface area contributed by atoms with Gasteiger partial charge in [0.1, 0.15) is 0 Å². The van der Waals surface area contributed by atoms with Crippen LogP contribution in [0.15, 0.2) is 46.6 Å². The number of halogens is 8. The van der Waals surface area contributed by atoms with Gasteiger partial charge in [0.15, 0.2) is 0 Å². The summed E-state index contributed by atoms with van der Waals surface area (Å²) in [4.78, 5) is 0. The minimum atomic E-state index is -5.03. The SMILES string of the molecule is CC1=CC=C(C2=CC=C(C3CCC(C4CCC(C)CC4)CC3)C(F)(F)C2(F)F)C(F)(F)C1(F)F. The highest BCUT2D eigenvalue weighted by atomic mass is 19.3. The van der Waals surface area contributed by atoms with Gasteiger partial charge in [-0.15, -0.1) is 0 Å². The topological polar surface area (TPSA) is 0 Å². The van der Waals surface area contributed by atoms with E-state index in [4.69, 9.17) is 0 Å². The van der Waals surface area contributed by atoms with Gasteiger partial charge in [0, 0.05) is 22.3 Å². The molecule has 0 heterocycles. The summed E-state index contributed by atoms with van der Waals surface area (Å²) >= 11 is 0. The molecule has 0 bridgehead atoms. The Balaban J connectivity index is 1.58. The molecule has 2 fully saturated rings. The van der Waals surface area contributed by atoms with Gasteiger partial charge >= 0.3 is 23.7 Å². The smallest absolute Gasteiger partial charge is 0.194 e. The second-order valence-corrected chi connectivity index (χ2v) is 10.6. The van der Waals surface area contributed by atoms with Gasteiger partial charge in [-0.1, -0.05) is 44.1 Å². The molecule has 0 radical (unpaired) electrons. The van der Waals surface area contributed by atoms with E-state index in [1.165, 1.54) is 0 Å². The second-order valence-electron chi connectivity index (χ2n) is 10.6. The van der Waals surface area contributed by atoms with E-state index in [0.29, 0.717) is 61.7 Å². The fourth-order valence-corrected chi connectivity index (χ4v) is 6.14.